The molecule has 1 saturated heterocycles. The van der Waals surface area contributed by atoms with Gasteiger partial charge in [0, 0.05) is 31.1 Å². The molecular weight excluding hydrogens is 392 g/mol. The standard InChI is InChI=1S/C21H26N2O3S2/c1-16-7-8-19-18(13-16)14-20(27-19)21(24)22-9-11-23(12-10-22)28(25,26)15-17-5-3-2-4-6-17/h2-6,14,16H,7-13,15H2,1H3. The first-order valence-electron chi connectivity index (χ1n) is 9.85. The van der Waals surface area contributed by atoms with Crippen molar-refractivity contribution in [1.82, 2.24) is 9.21 Å². The largest absolute Gasteiger partial charge is 0.335 e. The van der Waals surface area contributed by atoms with Gasteiger partial charge in [-0.1, -0.05) is 37.3 Å². The van der Waals surface area contributed by atoms with Crippen molar-refractivity contribution in [3.63, 3.8) is 0 Å². The summed E-state index contributed by atoms with van der Waals surface area (Å²) in [6.07, 6.45) is 3.32. The lowest BCUT2D eigenvalue weighted by Crippen LogP contribution is -2.50. The van der Waals surface area contributed by atoms with E-state index >= 15 is 0 Å². The highest BCUT2D eigenvalue weighted by Crippen LogP contribution is 2.33. The molecule has 0 N–H and O–H groups in total. The number of rotatable bonds is 4. The summed E-state index contributed by atoms with van der Waals surface area (Å²) >= 11 is 1.62. The molecule has 1 aromatic carbocycles. The van der Waals surface area contributed by atoms with E-state index in [1.807, 2.05) is 30.3 Å². The third-order valence-corrected chi connectivity index (χ3v) is 8.73. The Balaban J connectivity index is 1.38. The number of aryl methyl sites for hydroxylation is 1. The Bertz CT molecular complexity index is 945. The Hall–Kier alpha value is -1.70. The molecular formula is C21H26N2O3S2. The first-order valence-corrected chi connectivity index (χ1v) is 12.3. The van der Waals surface area contributed by atoms with Crippen LogP contribution in [0.1, 0.15) is 39.0 Å². The number of amides is 1. The Morgan fingerprint density at radius 1 is 1.14 bits per heavy atom. The van der Waals surface area contributed by atoms with E-state index in [0.29, 0.717) is 32.1 Å². The number of carbonyl (C=O) groups excluding carboxylic acids is 1. The quantitative estimate of drug-likeness (QED) is 0.766. The summed E-state index contributed by atoms with van der Waals surface area (Å²) in [7, 11) is -3.36. The fourth-order valence-electron chi connectivity index (χ4n) is 4.01. The van der Waals surface area contributed by atoms with Crippen molar-refractivity contribution in [1.29, 1.82) is 0 Å². The van der Waals surface area contributed by atoms with Crippen LogP contribution in [-0.4, -0.2) is 49.7 Å². The second kappa shape index (κ2) is 7.97. The summed E-state index contributed by atoms with van der Waals surface area (Å²) < 4.78 is 26.9. The van der Waals surface area contributed by atoms with Crippen molar-refractivity contribution < 1.29 is 13.2 Å². The number of hydrogen-bond acceptors (Lipinski definition) is 4. The van der Waals surface area contributed by atoms with Gasteiger partial charge < -0.3 is 4.90 Å². The third kappa shape index (κ3) is 4.16. The number of piperazine rings is 1. The van der Waals surface area contributed by atoms with E-state index in [4.69, 9.17) is 0 Å². The van der Waals surface area contributed by atoms with Crippen molar-refractivity contribution in [2.24, 2.45) is 5.92 Å². The minimum Gasteiger partial charge on any atom is -0.335 e. The van der Waals surface area contributed by atoms with Crippen LogP contribution in [-0.2, 0) is 28.6 Å². The molecule has 0 radical (unpaired) electrons. The first kappa shape index (κ1) is 19.6. The summed E-state index contributed by atoms with van der Waals surface area (Å²) in [5.41, 5.74) is 2.12. The van der Waals surface area contributed by atoms with Gasteiger partial charge in [0.15, 0.2) is 0 Å². The van der Waals surface area contributed by atoms with E-state index in [1.165, 1.54) is 21.2 Å². The Kier molecular flexibility index (Phi) is 5.58. The molecule has 1 amide bonds. The molecule has 0 saturated carbocycles. The highest BCUT2D eigenvalue weighted by molar-refractivity contribution is 7.88. The number of carbonyl (C=O) groups is 1. The van der Waals surface area contributed by atoms with Crippen LogP contribution >= 0.6 is 11.3 Å². The van der Waals surface area contributed by atoms with Gasteiger partial charge in [-0.25, -0.2) is 8.42 Å². The van der Waals surface area contributed by atoms with Crippen LogP contribution < -0.4 is 0 Å². The lowest BCUT2D eigenvalue weighted by molar-refractivity contribution is 0.0702. The van der Waals surface area contributed by atoms with Crippen LogP contribution in [0.3, 0.4) is 0 Å². The SMILES string of the molecule is CC1CCc2sc(C(=O)N3CCN(S(=O)(=O)Cc4ccccc4)CC3)cc2C1. The first-order chi connectivity index (χ1) is 13.4. The van der Waals surface area contributed by atoms with Crippen LogP contribution in [0, 0.1) is 5.92 Å². The molecule has 0 bridgehead atoms. The number of hydrogen-bond donors (Lipinski definition) is 0. The predicted molar refractivity (Wildman–Crippen MR) is 112 cm³/mol. The van der Waals surface area contributed by atoms with Gasteiger partial charge in [0.1, 0.15) is 0 Å². The van der Waals surface area contributed by atoms with Crippen LogP contribution in [0.2, 0.25) is 0 Å². The third-order valence-electron chi connectivity index (χ3n) is 5.65. The van der Waals surface area contributed by atoms with Gasteiger partial charge >= 0.3 is 0 Å². The van der Waals surface area contributed by atoms with Crippen molar-refractivity contribution in [2.45, 2.75) is 31.9 Å². The molecule has 1 aromatic heterocycles. The van der Waals surface area contributed by atoms with E-state index in [2.05, 4.69) is 13.0 Å². The average Bonchev–Trinajstić information content (AvgIpc) is 3.11. The predicted octanol–water partition coefficient (Wildman–Crippen LogP) is 3.16. The molecule has 1 aliphatic carbocycles. The van der Waals surface area contributed by atoms with E-state index < -0.39 is 10.0 Å². The summed E-state index contributed by atoms with van der Waals surface area (Å²) in [4.78, 5) is 16.9. The molecule has 1 fully saturated rings. The highest BCUT2D eigenvalue weighted by atomic mass is 32.2. The van der Waals surface area contributed by atoms with Gasteiger partial charge in [0.05, 0.1) is 10.6 Å². The molecule has 4 rings (SSSR count). The van der Waals surface area contributed by atoms with E-state index in [9.17, 15) is 13.2 Å². The van der Waals surface area contributed by atoms with Gasteiger partial charge in [-0.3, -0.25) is 4.79 Å². The smallest absolute Gasteiger partial charge is 0.264 e. The van der Waals surface area contributed by atoms with Gasteiger partial charge in [-0.2, -0.15) is 4.31 Å². The van der Waals surface area contributed by atoms with Crippen LogP contribution in [0.5, 0.6) is 0 Å². The minimum atomic E-state index is -3.36. The molecule has 1 aliphatic heterocycles. The molecule has 1 atom stereocenters. The Morgan fingerprint density at radius 2 is 1.86 bits per heavy atom. The normalized spacial score (nSPS) is 20.8. The number of thiophene rings is 1. The zero-order valence-corrected chi connectivity index (χ0v) is 17.8. The maximum absolute atomic E-state index is 12.9. The Morgan fingerprint density at radius 3 is 2.57 bits per heavy atom. The molecule has 2 aliphatic rings. The molecule has 2 aromatic rings. The number of fused-ring (bicyclic) bond motifs is 1. The summed E-state index contributed by atoms with van der Waals surface area (Å²) in [5.74, 6) is 0.744. The lowest BCUT2D eigenvalue weighted by atomic mass is 9.90. The average molecular weight is 419 g/mol. The van der Waals surface area contributed by atoms with Gasteiger partial charge in [-0.05, 0) is 42.4 Å². The van der Waals surface area contributed by atoms with E-state index in [0.717, 1.165) is 23.3 Å². The summed E-state index contributed by atoms with van der Waals surface area (Å²) in [5, 5.41) is 0. The zero-order chi connectivity index (χ0) is 19.7. The van der Waals surface area contributed by atoms with Crippen molar-refractivity contribution in [2.75, 3.05) is 26.2 Å². The summed E-state index contributed by atoms with van der Waals surface area (Å²) in [6.45, 7) is 3.89. The van der Waals surface area contributed by atoms with Crippen LogP contribution in [0.15, 0.2) is 36.4 Å². The molecule has 28 heavy (non-hydrogen) atoms. The fourth-order valence-corrected chi connectivity index (χ4v) is 6.70. The molecule has 0 spiro atoms. The van der Waals surface area contributed by atoms with E-state index in [1.54, 1.807) is 16.2 Å². The number of sulfonamides is 1. The second-order valence-corrected chi connectivity index (χ2v) is 10.9. The van der Waals surface area contributed by atoms with Crippen LogP contribution in [0.4, 0.5) is 0 Å². The topological polar surface area (TPSA) is 57.7 Å². The van der Waals surface area contributed by atoms with Gasteiger partial charge in [0.2, 0.25) is 10.0 Å². The van der Waals surface area contributed by atoms with E-state index in [-0.39, 0.29) is 11.7 Å². The van der Waals surface area contributed by atoms with Crippen molar-refractivity contribution in [3.8, 4) is 0 Å². The summed E-state index contributed by atoms with van der Waals surface area (Å²) in [6, 6.07) is 11.3. The molecule has 1 unspecified atom stereocenters. The van der Waals surface area contributed by atoms with Crippen LogP contribution in [0.25, 0.3) is 0 Å². The molecule has 5 nitrogen and oxygen atoms in total. The number of benzene rings is 1. The molecule has 7 heteroatoms. The van der Waals surface area contributed by atoms with Gasteiger partial charge in [0.25, 0.3) is 5.91 Å². The zero-order valence-electron chi connectivity index (χ0n) is 16.1. The van der Waals surface area contributed by atoms with Crippen molar-refractivity contribution >= 4 is 27.3 Å². The Labute approximate surface area is 171 Å². The second-order valence-electron chi connectivity index (χ2n) is 7.84. The lowest BCUT2D eigenvalue weighted by Gasteiger charge is -2.33. The highest BCUT2D eigenvalue weighted by Gasteiger charge is 2.30. The molecule has 150 valence electrons. The maximum Gasteiger partial charge on any atom is 0.264 e. The van der Waals surface area contributed by atoms with Gasteiger partial charge in [-0.15, -0.1) is 11.3 Å². The molecule has 2 heterocycles. The van der Waals surface area contributed by atoms with Crippen molar-refractivity contribution in [3.05, 3.63) is 57.3 Å². The number of nitrogens with zero attached hydrogens (tertiary/aromatic N) is 2. The fraction of sp³-hybridized carbons (Fsp3) is 0.476. The maximum atomic E-state index is 12.9. The monoisotopic (exact) mass is 418 g/mol. The minimum absolute atomic E-state index is 0.0115.